The lowest BCUT2D eigenvalue weighted by Gasteiger charge is -2.13. The minimum atomic E-state index is -0.936. The molecule has 2 aromatic rings. The summed E-state index contributed by atoms with van der Waals surface area (Å²) in [4.78, 5) is 0. The number of aromatic nitrogens is 2. The predicted octanol–water partition coefficient (Wildman–Crippen LogP) is 2.33. The summed E-state index contributed by atoms with van der Waals surface area (Å²) in [5.74, 6) is 1.25. The highest BCUT2D eigenvalue weighted by molar-refractivity contribution is 5.85. The molecule has 116 valence electrons. The average Bonchev–Trinajstić information content (AvgIpc) is 2.96. The van der Waals surface area contributed by atoms with Crippen molar-refractivity contribution in [2.75, 3.05) is 7.11 Å². The van der Waals surface area contributed by atoms with Crippen molar-refractivity contribution in [2.45, 2.75) is 31.9 Å². The van der Waals surface area contributed by atoms with Gasteiger partial charge in [0.2, 0.25) is 11.8 Å². The molecule has 0 saturated carbocycles. The number of hydrogen-bond acceptors (Lipinski definition) is 6. The van der Waals surface area contributed by atoms with Gasteiger partial charge in [-0.25, -0.2) is 0 Å². The van der Waals surface area contributed by atoms with Gasteiger partial charge >= 0.3 is 0 Å². The second kappa shape index (κ2) is 7.97. The van der Waals surface area contributed by atoms with Gasteiger partial charge in [-0.1, -0.05) is 13.3 Å². The second-order valence-corrected chi connectivity index (χ2v) is 4.57. The third kappa shape index (κ3) is 4.17. The molecule has 1 aromatic heterocycles. The van der Waals surface area contributed by atoms with E-state index in [4.69, 9.17) is 14.9 Å². The van der Waals surface area contributed by atoms with Crippen LogP contribution in [-0.2, 0) is 0 Å². The van der Waals surface area contributed by atoms with Crippen molar-refractivity contribution >= 4 is 12.4 Å². The lowest BCUT2D eigenvalue weighted by atomic mass is 10.1. The van der Waals surface area contributed by atoms with E-state index in [1.54, 1.807) is 19.2 Å². The number of rotatable bonds is 6. The minimum Gasteiger partial charge on any atom is -0.497 e. The highest BCUT2D eigenvalue weighted by atomic mass is 35.5. The molecule has 0 spiro atoms. The molecule has 1 unspecified atom stereocenters. The molecule has 21 heavy (non-hydrogen) atoms. The van der Waals surface area contributed by atoms with Crippen molar-refractivity contribution in [3.05, 3.63) is 30.2 Å². The van der Waals surface area contributed by atoms with Crippen LogP contribution in [0.1, 0.15) is 31.8 Å². The Bertz CT molecular complexity index is 545. The van der Waals surface area contributed by atoms with E-state index in [0.717, 1.165) is 17.7 Å². The molecule has 2 rings (SSSR count). The van der Waals surface area contributed by atoms with Gasteiger partial charge in [-0.3, -0.25) is 0 Å². The van der Waals surface area contributed by atoms with Crippen LogP contribution in [0.5, 0.6) is 5.75 Å². The molecule has 0 aliphatic rings. The highest BCUT2D eigenvalue weighted by Gasteiger charge is 2.22. The van der Waals surface area contributed by atoms with Crippen LogP contribution in [0.4, 0.5) is 0 Å². The molecular weight excluding hydrogens is 294 g/mol. The van der Waals surface area contributed by atoms with Gasteiger partial charge in [-0.05, 0) is 30.7 Å². The highest BCUT2D eigenvalue weighted by Crippen LogP contribution is 2.24. The molecule has 7 heteroatoms. The molecule has 0 radical (unpaired) electrons. The van der Waals surface area contributed by atoms with Crippen LogP contribution in [0.3, 0.4) is 0 Å². The lowest BCUT2D eigenvalue weighted by molar-refractivity contribution is 0.112. The zero-order chi connectivity index (χ0) is 14.5. The smallest absolute Gasteiger partial charge is 0.247 e. The zero-order valence-corrected chi connectivity index (χ0v) is 12.8. The third-order valence-electron chi connectivity index (χ3n) is 3.06. The molecule has 0 bridgehead atoms. The Labute approximate surface area is 129 Å². The molecule has 0 saturated heterocycles. The first-order valence-electron chi connectivity index (χ1n) is 6.57. The fourth-order valence-corrected chi connectivity index (χ4v) is 1.88. The largest absolute Gasteiger partial charge is 0.497 e. The molecule has 6 nitrogen and oxygen atoms in total. The first-order chi connectivity index (χ1) is 9.65. The Morgan fingerprint density at radius 3 is 2.52 bits per heavy atom. The van der Waals surface area contributed by atoms with Crippen LogP contribution >= 0.6 is 12.4 Å². The van der Waals surface area contributed by atoms with E-state index in [1.165, 1.54) is 0 Å². The van der Waals surface area contributed by atoms with E-state index in [1.807, 2.05) is 19.1 Å². The van der Waals surface area contributed by atoms with Gasteiger partial charge in [-0.2, -0.15) is 0 Å². The standard InChI is InChI=1S/C14H19N3O3.ClH/c1-3-4-11(15)12(18)14-17-16-13(20-14)9-5-7-10(19-2)8-6-9;/h5-8,11-12,18H,3-4,15H2,1-2H3;1H/t11?,12-;/m0./s1. The number of hydrogen-bond donors (Lipinski definition) is 2. The van der Waals surface area contributed by atoms with Crippen LogP contribution in [0, 0.1) is 0 Å². The number of benzene rings is 1. The van der Waals surface area contributed by atoms with Crippen LogP contribution in [-0.4, -0.2) is 28.5 Å². The van der Waals surface area contributed by atoms with Crippen molar-refractivity contribution in [1.29, 1.82) is 0 Å². The number of halogens is 1. The van der Waals surface area contributed by atoms with Crippen LogP contribution in [0.25, 0.3) is 11.5 Å². The minimum absolute atomic E-state index is 0. The van der Waals surface area contributed by atoms with Gasteiger partial charge in [-0.15, -0.1) is 22.6 Å². The number of methoxy groups -OCH3 is 1. The van der Waals surface area contributed by atoms with Crippen LogP contribution in [0.2, 0.25) is 0 Å². The third-order valence-corrected chi connectivity index (χ3v) is 3.06. The Morgan fingerprint density at radius 1 is 1.29 bits per heavy atom. The number of aliphatic hydroxyl groups is 1. The fraction of sp³-hybridized carbons (Fsp3) is 0.429. The molecule has 3 N–H and O–H groups in total. The van der Waals surface area contributed by atoms with Gasteiger partial charge < -0.3 is 20.0 Å². The monoisotopic (exact) mass is 313 g/mol. The molecule has 0 aliphatic carbocycles. The first-order valence-corrected chi connectivity index (χ1v) is 6.57. The van der Waals surface area contributed by atoms with Gasteiger partial charge in [0.05, 0.1) is 7.11 Å². The summed E-state index contributed by atoms with van der Waals surface area (Å²) in [5.41, 5.74) is 6.62. The number of nitrogens with zero attached hydrogens (tertiary/aromatic N) is 2. The van der Waals surface area contributed by atoms with Crippen LogP contribution in [0.15, 0.2) is 28.7 Å². The van der Waals surface area contributed by atoms with E-state index in [2.05, 4.69) is 10.2 Å². The second-order valence-electron chi connectivity index (χ2n) is 4.57. The molecule has 1 aromatic carbocycles. The number of aliphatic hydroxyl groups excluding tert-OH is 1. The maximum Gasteiger partial charge on any atom is 0.247 e. The molecule has 2 atom stereocenters. The quantitative estimate of drug-likeness (QED) is 0.850. The van der Waals surface area contributed by atoms with Crippen molar-refractivity contribution in [2.24, 2.45) is 5.73 Å². The molecule has 1 heterocycles. The lowest BCUT2D eigenvalue weighted by Crippen LogP contribution is -2.28. The Balaban J connectivity index is 0.00000220. The summed E-state index contributed by atoms with van der Waals surface area (Å²) in [5, 5.41) is 17.8. The van der Waals surface area contributed by atoms with E-state index in [0.29, 0.717) is 12.3 Å². The summed E-state index contributed by atoms with van der Waals surface area (Å²) < 4.78 is 10.6. The molecular formula is C14H20ClN3O3. The normalized spacial score (nSPS) is 13.3. The summed E-state index contributed by atoms with van der Waals surface area (Å²) in [6.07, 6.45) is 0.647. The van der Waals surface area contributed by atoms with Crippen molar-refractivity contribution in [1.82, 2.24) is 10.2 Å². The summed E-state index contributed by atoms with van der Waals surface area (Å²) in [6, 6.07) is 6.84. The number of nitrogens with two attached hydrogens (primary N) is 1. The fourth-order valence-electron chi connectivity index (χ4n) is 1.88. The molecule has 0 amide bonds. The Kier molecular flexibility index (Phi) is 6.61. The summed E-state index contributed by atoms with van der Waals surface area (Å²) in [6.45, 7) is 2.00. The average molecular weight is 314 g/mol. The zero-order valence-electron chi connectivity index (χ0n) is 12.0. The van der Waals surface area contributed by atoms with E-state index in [9.17, 15) is 5.11 Å². The van der Waals surface area contributed by atoms with E-state index in [-0.39, 0.29) is 18.3 Å². The van der Waals surface area contributed by atoms with Gasteiger partial charge in [0.15, 0.2) is 0 Å². The summed E-state index contributed by atoms with van der Waals surface area (Å²) >= 11 is 0. The topological polar surface area (TPSA) is 94.4 Å². The Morgan fingerprint density at radius 2 is 1.95 bits per heavy atom. The summed E-state index contributed by atoms with van der Waals surface area (Å²) in [7, 11) is 1.60. The van der Waals surface area contributed by atoms with Gasteiger partial charge in [0, 0.05) is 11.6 Å². The van der Waals surface area contributed by atoms with Crippen LogP contribution < -0.4 is 10.5 Å². The van der Waals surface area contributed by atoms with E-state index < -0.39 is 12.1 Å². The number of ether oxygens (including phenoxy) is 1. The van der Waals surface area contributed by atoms with Crippen molar-refractivity contribution in [3.8, 4) is 17.2 Å². The van der Waals surface area contributed by atoms with E-state index >= 15 is 0 Å². The predicted molar refractivity (Wildman–Crippen MR) is 81.4 cm³/mol. The van der Waals surface area contributed by atoms with Gasteiger partial charge in [0.25, 0.3) is 0 Å². The van der Waals surface area contributed by atoms with Crippen molar-refractivity contribution < 1.29 is 14.3 Å². The Hall–Kier alpha value is -1.63. The van der Waals surface area contributed by atoms with Gasteiger partial charge in [0.1, 0.15) is 11.9 Å². The molecule has 0 fully saturated rings. The first kappa shape index (κ1) is 17.4. The molecule has 0 aliphatic heterocycles. The SMILES string of the molecule is CCCC(N)[C@H](O)c1nnc(-c2ccc(OC)cc2)o1.Cl. The maximum absolute atomic E-state index is 10.0. The maximum atomic E-state index is 10.0. The van der Waals surface area contributed by atoms with Crippen molar-refractivity contribution in [3.63, 3.8) is 0 Å².